The Morgan fingerprint density at radius 1 is 1.24 bits per heavy atom. The Hall–Kier alpha value is -2.87. The molecule has 1 atom stereocenters. The fraction of sp³-hybridized carbons (Fsp3) is 0.333. The van der Waals surface area contributed by atoms with E-state index in [1.165, 1.54) is 22.9 Å². The van der Waals surface area contributed by atoms with Gasteiger partial charge in [-0.1, -0.05) is 48.2 Å². The van der Waals surface area contributed by atoms with Crippen molar-refractivity contribution >= 4 is 17.7 Å². The van der Waals surface area contributed by atoms with Gasteiger partial charge in [-0.25, -0.2) is 4.68 Å². The van der Waals surface area contributed by atoms with E-state index in [1.54, 1.807) is 11.8 Å². The van der Waals surface area contributed by atoms with Crippen LogP contribution in [0.15, 0.2) is 53.7 Å². The predicted octanol–water partition coefficient (Wildman–Crippen LogP) is 3.02. The number of ether oxygens (including phenoxy) is 1. The minimum atomic E-state index is -0.00398. The Labute approximate surface area is 173 Å². The number of amides is 1. The van der Waals surface area contributed by atoms with Gasteiger partial charge >= 0.3 is 0 Å². The van der Waals surface area contributed by atoms with Gasteiger partial charge in [0.25, 0.3) is 0 Å². The lowest BCUT2D eigenvalue weighted by molar-refractivity contribution is -0.119. The highest BCUT2D eigenvalue weighted by Gasteiger charge is 2.21. The number of rotatable bonds is 7. The maximum absolute atomic E-state index is 12.5. The second kappa shape index (κ2) is 9.09. The first-order valence-corrected chi connectivity index (χ1v) is 10.6. The zero-order chi connectivity index (χ0) is 20.1. The number of nitrogens with zero attached hydrogens (tertiary/aromatic N) is 4. The quantitative estimate of drug-likeness (QED) is 0.604. The molecule has 0 radical (unpaired) electrons. The Morgan fingerprint density at radius 3 is 2.90 bits per heavy atom. The Bertz CT molecular complexity index is 973. The van der Waals surface area contributed by atoms with Crippen molar-refractivity contribution in [2.24, 2.45) is 0 Å². The highest BCUT2D eigenvalue weighted by molar-refractivity contribution is 7.99. The average molecular weight is 410 g/mol. The van der Waals surface area contributed by atoms with E-state index >= 15 is 0 Å². The monoisotopic (exact) mass is 409 g/mol. The van der Waals surface area contributed by atoms with Crippen molar-refractivity contribution in [2.75, 3.05) is 12.9 Å². The lowest BCUT2D eigenvalue weighted by atomic mass is 9.88. The summed E-state index contributed by atoms with van der Waals surface area (Å²) in [4.78, 5) is 12.5. The van der Waals surface area contributed by atoms with Gasteiger partial charge in [0.2, 0.25) is 11.1 Å². The van der Waals surface area contributed by atoms with Gasteiger partial charge in [-0.3, -0.25) is 4.79 Å². The topological polar surface area (TPSA) is 81.9 Å². The summed E-state index contributed by atoms with van der Waals surface area (Å²) in [5, 5.41) is 15.7. The van der Waals surface area contributed by atoms with Gasteiger partial charge < -0.3 is 10.1 Å². The molecule has 2 aromatic carbocycles. The van der Waals surface area contributed by atoms with Crippen molar-refractivity contribution in [1.82, 2.24) is 25.5 Å². The van der Waals surface area contributed by atoms with Crippen molar-refractivity contribution < 1.29 is 9.53 Å². The summed E-state index contributed by atoms with van der Waals surface area (Å²) < 4.78 is 6.89. The molecule has 1 unspecified atom stereocenters. The van der Waals surface area contributed by atoms with Gasteiger partial charge in [0, 0.05) is 0 Å². The SMILES string of the molecule is COc1ccc(Cn2nnnc2SCC(=O)NC2CCCc3ccccc32)cc1. The number of hydrogen-bond acceptors (Lipinski definition) is 6. The third-order valence-electron chi connectivity index (χ3n) is 5.03. The van der Waals surface area contributed by atoms with Crippen molar-refractivity contribution in [2.45, 2.75) is 37.0 Å². The lowest BCUT2D eigenvalue weighted by Crippen LogP contribution is -2.32. The minimum Gasteiger partial charge on any atom is -0.497 e. The molecule has 0 saturated carbocycles. The van der Waals surface area contributed by atoms with Crippen LogP contribution in [0, 0.1) is 0 Å². The van der Waals surface area contributed by atoms with Gasteiger partial charge in [-0.15, -0.1) is 5.10 Å². The molecule has 1 N–H and O–H groups in total. The van der Waals surface area contributed by atoms with Gasteiger partial charge in [0.05, 0.1) is 25.4 Å². The van der Waals surface area contributed by atoms with Gasteiger partial charge in [0.1, 0.15) is 5.75 Å². The zero-order valence-corrected chi connectivity index (χ0v) is 17.1. The number of thioether (sulfide) groups is 1. The number of nitrogens with one attached hydrogen (secondary N) is 1. The fourth-order valence-corrected chi connectivity index (χ4v) is 4.26. The normalized spacial score (nSPS) is 15.6. The molecule has 1 heterocycles. The highest BCUT2D eigenvalue weighted by Crippen LogP contribution is 2.29. The first kappa shape index (κ1) is 19.4. The van der Waals surface area contributed by atoms with Crippen molar-refractivity contribution in [3.63, 3.8) is 0 Å². The zero-order valence-electron chi connectivity index (χ0n) is 16.2. The average Bonchev–Trinajstić information content (AvgIpc) is 3.20. The summed E-state index contributed by atoms with van der Waals surface area (Å²) in [6.07, 6.45) is 3.15. The van der Waals surface area contributed by atoms with Crippen LogP contribution in [0.1, 0.15) is 35.6 Å². The lowest BCUT2D eigenvalue weighted by Gasteiger charge is -2.26. The molecule has 0 bridgehead atoms. The fourth-order valence-electron chi connectivity index (χ4n) is 3.57. The number of carbonyl (C=O) groups excluding carboxylic acids is 1. The molecule has 1 amide bonds. The number of methoxy groups -OCH3 is 1. The Balaban J connectivity index is 1.34. The van der Waals surface area contributed by atoms with Crippen molar-refractivity contribution in [3.05, 3.63) is 65.2 Å². The standard InChI is InChI=1S/C21H23N5O2S/c1-28-17-11-9-15(10-12-17)13-26-21(23-24-25-26)29-14-20(27)22-19-8-4-6-16-5-2-3-7-18(16)19/h2-3,5,7,9-12,19H,4,6,8,13-14H2,1H3,(H,22,27). The van der Waals surface area contributed by atoms with E-state index in [9.17, 15) is 4.79 Å². The summed E-state index contributed by atoms with van der Waals surface area (Å²) in [7, 11) is 1.64. The molecule has 0 saturated heterocycles. The number of fused-ring (bicyclic) bond motifs is 1. The van der Waals surface area contributed by atoms with E-state index in [4.69, 9.17) is 4.74 Å². The number of benzene rings is 2. The van der Waals surface area contributed by atoms with Crippen LogP contribution in [-0.4, -0.2) is 39.0 Å². The van der Waals surface area contributed by atoms with E-state index in [2.05, 4.69) is 39.0 Å². The molecule has 29 heavy (non-hydrogen) atoms. The molecular formula is C21H23N5O2S. The second-order valence-corrected chi connectivity index (χ2v) is 7.91. The first-order valence-electron chi connectivity index (χ1n) is 9.62. The summed E-state index contributed by atoms with van der Waals surface area (Å²) in [6, 6.07) is 16.2. The van der Waals surface area contributed by atoms with Crippen LogP contribution >= 0.6 is 11.8 Å². The maximum atomic E-state index is 12.5. The largest absolute Gasteiger partial charge is 0.497 e. The van der Waals surface area contributed by atoms with Crippen LogP contribution in [0.4, 0.5) is 0 Å². The third-order valence-corrected chi connectivity index (χ3v) is 5.98. The van der Waals surface area contributed by atoms with Crippen molar-refractivity contribution in [1.29, 1.82) is 0 Å². The number of carbonyl (C=O) groups is 1. The molecule has 8 heteroatoms. The molecular weight excluding hydrogens is 386 g/mol. The van der Waals surface area contributed by atoms with E-state index < -0.39 is 0 Å². The first-order chi connectivity index (χ1) is 14.2. The van der Waals surface area contributed by atoms with Crippen LogP contribution in [0.3, 0.4) is 0 Å². The maximum Gasteiger partial charge on any atom is 0.230 e. The summed E-state index contributed by atoms with van der Waals surface area (Å²) in [5.41, 5.74) is 3.63. The van der Waals surface area contributed by atoms with E-state index in [1.807, 2.05) is 30.3 Å². The second-order valence-electron chi connectivity index (χ2n) is 6.97. The van der Waals surface area contributed by atoms with Gasteiger partial charge in [0.15, 0.2) is 0 Å². The van der Waals surface area contributed by atoms with Crippen LogP contribution in [0.2, 0.25) is 0 Å². The number of tetrazole rings is 1. The molecule has 1 aliphatic carbocycles. The molecule has 4 rings (SSSR count). The van der Waals surface area contributed by atoms with Gasteiger partial charge in [-0.05, 0) is 58.5 Å². The molecule has 7 nitrogen and oxygen atoms in total. The smallest absolute Gasteiger partial charge is 0.230 e. The van der Waals surface area contributed by atoms with E-state index in [0.717, 1.165) is 30.6 Å². The summed E-state index contributed by atoms with van der Waals surface area (Å²) in [5.74, 6) is 1.08. The molecule has 3 aromatic rings. The van der Waals surface area contributed by atoms with Crippen LogP contribution in [0.25, 0.3) is 0 Å². The third kappa shape index (κ3) is 4.76. The highest BCUT2D eigenvalue weighted by atomic mass is 32.2. The van der Waals surface area contributed by atoms with Crippen LogP contribution < -0.4 is 10.1 Å². The van der Waals surface area contributed by atoms with Crippen LogP contribution in [0.5, 0.6) is 5.75 Å². The van der Waals surface area contributed by atoms with Crippen LogP contribution in [-0.2, 0) is 17.8 Å². The number of hydrogen-bond donors (Lipinski definition) is 1. The number of aromatic nitrogens is 4. The predicted molar refractivity (Wildman–Crippen MR) is 111 cm³/mol. The van der Waals surface area contributed by atoms with Crippen molar-refractivity contribution in [3.8, 4) is 5.75 Å². The van der Waals surface area contributed by atoms with E-state index in [-0.39, 0.29) is 17.7 Å². The Morgan fingerprint density at radius 2 is 2.07 bits per heavy atom. The molecule has 150 valence electrons. The summed E-state index contributed by atoms with van der Waals surface area (Å²) >= 11 is 1.35. The molecule has 0 spiro atoms. The summed E-state index contributed by atoms with van der Waals surface area (Å²) in [6.45, 7) is 0.539. The molecule has 1 aliphatic rings. The molecule has 0 fully saturated rings. The Kier molecular flexibility index (Phi) is 6.09. The minimum absolute atomic E-state index is 0.00398. The molecule has 0 aliphatic heterocycles. The number of aryl methyl sites for hydroxylation is 1. The molecule has 1 aromatic heterocycles. The van der Waals surface area contributed by atoms with E-state index in [0.29, 0.717) is 11.7 Å². The van der Waals surface area contributed by atoms with Gasteiger partial charge in [-0.2, -0.15) is 0 Å².